The third-order valence-electron chi connectivity index (χ3n) is 7.68. The number of unbranched alkanes of at least 4 members (excludes halogenated alkanes) is 15. The third kappa shape index (κ3) is 10.1. The normalized spacial score (nSPS) is 30.4. The van der Waals surface area contributed by atoms with E-state index in [0.29, 0.717) is 6.61 Å². The molecule has 0 aliphatic carbocycles. The van der Waals surface area contributed by atoms with Crippen LogP contribution in [0.25, 0.3) is 0 Å². The molecular formula is C30H56O6. The highest BCUT2D eigenvalue weighted by Gasteiger charge is 2.60. The summed E-state index contributed by atoms with van der Waals surface area (Å²) in [6.07, 6.45) is 20.7. The van der Waals surface area contributed by atoms with Gasteiger partial charge in [-0.15, -0.1) is 0 Å². The Morgan fingerprint density at radius 2 is 0.972 bits per heavy atom. The van der Waals surface area contributed by atoms with Crippen LogP contribution in [0, 0.1) is 0 Å². The van der Waals surface area contributed by atoms with E-state index >= 15 is 0 Å². The minimum absolute atomic E-state index is 0.204. The van der Waals surface area contributed by atoms with Crippen molar-refractivity contribution in [2.45, 2.75) is 180 Å². The summed E-state index contributed by atoms with van der Waals surface area (Å²) in [5, 5.41) is 0. The third-order valence-corrected chi connectivity index (χ3v) is 7.68. The van der Waals surface area contributed by atoms with Crippen LogP contribution in [0.2, 0.25) is 0 Å². The average molecular weight is 513 g/mol. The number of ether oxygens (including phenoxy) is 6. The quantitative estimate of drug-likeness (QED) is 0.166. The van der Waals surface area contributed by atoms with Crippen LogP contribution < -0.4 is 0 Å². The van der Waals surface area contributed by atoms with Gasteiger partial charge in [-0.2, -0.15) is 0 Å². The molecule has 36 heavy (non-hydrogen) atoms. The molecule has 5 atom stereocenters. The van der Waals surface area contributed by atoms with Crippen LogP contribution in [0.5, 0.6) is 0 Å². The minimum Gasteiger partial charge on any atom is -0.379 e. The first-order valence-electron chi connectivity index (χ1n) is 15.3. The molecule has 0 N–H and O–H groups in total. The van der Waals surface area contributed by atoms with Crippen LogP contribution in [-0.2, 0) is 28.4 Å². The smallest absolute Gasteiger partial charge is 0.190 e. The zero-order chi connectivity index (χ0) is 25.9. The second kappa shape index (κ2) is 15.4. The van der Waals surface area contributed by atoms with E-state index in [1.165, 1.54) is 96.3 Å². The predicted molar refractivity (Wildman–Crippen MR) is 143 cm³/mol. The van der Waals surface area contributed by atoms with E-state index in [1.54, 1.807) is 0 Å². The Morgan fingerprint density at radius 3 is 1.53 bits per heavy atom. The maximum absolute atomic E-state index is 6.21. The zero-order valence-corrected chi connectivity index (χ0v) is 24.1. The standard InChI is InChI=1S/C30H56O6/c1-6-7-8-9-10-11-12-13-14-15-16-17-18-19-20-21-22-31-23-24-25-26(34-29(2,3)33-25)27-28(32-24)36-30(4,5)35-27/h24-28H,6-23H2,1-5H3/t24-,25-,26-,27+,28+/m0/s1. The fourth-order valence-corrected chi connectivity index (χ4v) is 5.78. The molecule has 212 valence electrons. The van der Waals surface area contributed by atoms with Gasteiger partial charge >= 0.3 is 0 Å². The predicted octanol–water partition coefficient (Wildman–Crippen LogP) is 7.66. The Morgan fingerprint density at radius 1 is 0.528 bits per heavy atom. The van der Waals surface area contributed by atoms with E-state index < -0.39 is 17.9 Å². The van der Waals surface area contributed by atoms with Gasteiger partial charge in [0, 0.05) is 6.61 Å². The molecule has 0 saturated carbocycles. The Balaban J connectivity index is 1.15. The summed E-state index contributed by atoms with van der Waals surface area (Å²) in [6, 6.07) is 0. The minimum atomic E-state index is -0.681. The number of hydrogen-bond donors (Lipinski definition) is 0. The highest BCUT2D eigenvalue weighted by atomic mass is 16.9. The van der Waals surface area contributed by atoms with Crippen molar-refractivity contribution in [3.05, 3.63) is 0 Å². The summed E-state index contributed by atoms with van der Waals surface area (Å²) in [7, 11) is 0. The van der Waals surface area contributed by atoms with Gasteiger partial charge in [-0.1, -0.05) is 103 Å². The molecule has 3 rings (SSSR count). The molecule has 3 fully saturated rings. The summed E-state index contributed by atoms with van der Waals surface area (Å²) in [6.45, 7) is 11.2. The fourth-order valence-electron chi connectivity index (χ4n) is 5.78. The van der Waals surface area contributed by atoms with Gasteiger partial charge in [0.1, 0.15) is 24.4 Å². The highest BCUT2D eigenvalue weighted by Crippen LogP contribution is 2.44. The molecule has 0 radical (unpaired) electrons. The van der Waals surface area contributed by atoms with Gasteiger partial charge in [0.25, 0.3) is 0 Å². The summed E-state index contributed by atoms with van der Waals surface area (Å²) in [5.74, 6) is -1.34. The molecule has 3 aliphatic rings. The van der Waals surface area contributed by atoms with E-state index in [0.717, 1.165) is 13.0 Å². The first kappa shape index (κ1) is 30.3. The van der Waals surface area contributed by atoms with Crippen molar-refractivity contribution in [1.29, 1.82) is 0 Å². The fraction of sp³-hybridized carbons (Fsp3) is 1.00. The number of hydrogen-bond acceptors (Lipinski definition) is 6. The van der Waals surface area contributed by atoms with Crippen LogP contribution in [0.4, 0.5) is 0 Å². The average Bonchev–Trinajstić information content (AvgIpc) is 3.32. The topological polar surface area (TPSA) is 55.4 Å². The van der Waals surface area contributed by atoms with E-state index in [4.69, 9.17) is 28.4 Å². The van der Waals surface area contributed by atoms with Crippen LogP contribution in [0.3, 0.4) is 0 Å². The Kier molecular flexibility index (Phi) is 12.9. The summed E-state index contributed by atoms with van der Waals surface area (Å²) in [4.78, 5) is 0. The van der Waals surface area contributed by atoms with E-state index in [2.05, 4.69) is 6.92 Å². The first-order valence-corrected chi connectivity index (χ1v) is 15.3. The van der Waals surface area contributed by atoms with Gasteiger partial charge < -0.3 is 28.4 Å². The van der Waals surface area contributed by atoms with Crippen molar-refractivity contribution in [2.75, 3.05) is 13.2 Å². The lowest BCUT2D eigenvalue weighted by atomic mass is 9.99. The monoisotopic (exact) mass is 512 g/mol. The number of rotatable bonds is 19. The molecule has 3 saturated heterocycles. The molecule has 3 aliphatic heterocycles. The summed E-state index contributed by atoms with van der Waals surface area (Å²) < 4.78 is 36.6. The summed E-state index contributed by atoms with van der Waals surface area (Å²) in [5.41, 5.74) is 0. The van der Waals surface area contributed by atoms with Crippen LogP contribution in [0.15, 0.2) is 0 Å². The molecule has 0 amide bonds. The molecule has 0 aromatic rings. The number of fused-ring (bicyclic) bond motifs is 3. The molecule has 0 spiro atoms. The Hall–Kier alpha value is -0.240. The highest BCUT2D eigenvalue weighted by molar-refractivity contribution is 5.00. The summed E-state index contributed by atoms with van der Waals surface area (Å²) >= 11 is 0. The van der Waals surface area contributed by atoms with Gasteiger partial charge in [0.2, 0.25) is 0 Å². The van der Waals surface area contributed by atoms with Gasteiger partial charge in [-0.05, 0) is 34.1 Å². The lowest BCUT2D eigenvalue weighted by Gasteiger charge is -2.37. The molecule has 0 unspecified atom stereocenters. The van der Waals surface area contributed by atoms with Crippen molar-refractivity contribution < 1.29 is 28.4 Å². The maximum atomic E-state index is 6.21. The molecule has 3 heterocycles. The molecule has 0 aromatic carbocycles. The van der Waals surface area contributed by atoms with Crippen molar-refractivity contribution in [2.24, 2.45) is 0 Å². The molecule has 6 nitrogen and oxygen atoms in total. The molecule has 6 heteroatoms. The van der Waals surface area contributed by atoms with Gasteiger partial charge in [-0.3, -0.25) is 0 Å². The van der Waals surface area contributed by atoms with E-state index in [9.17, 15) is 0 Å². The second-order valence-corrected chi connectivity index (χ2v) is 12.1. The van der Waals surface area contributed by atoms with Crippen molar-refractivity contribution >= 4 is 0 Å². The lowest BCUT2D eigenvalue weighted by molar-refractivity contribution is -0.243. The van der Waals surface area contributed by atoms with E-state index in [-0.39, 0.29) is 24.4 Å². The Labute approximate surface area is 221 Å². The van der Waals surface area contributed by atoms with Crippen LogP contribution >= 0.6 is 0 Å². The van der Waals surface area contributed by atoms with Crippen molar-refractivity contribution in [3.63, 3.8) is 0 Å². The molecule has 0 bridgehead atoms. The molecular weight excluding hydrogens is 456 g/mol. The SMILES string of the molecule is CCCCCCCCCCCCCCCCCCOC[C@@H]1O[C@@H]2OC(C)(C)O[C@@H]2[C@H]2OC(C)(C)O[C@H]21. The Bertz CT molecular complexity index is 594. The van der Waals surface area contributed by atoms with E-state index in [1.807, 2.05) is 27.7 Å². The van der Waals surface area contributed by atoms with Crippen LogP contribution in [-0.4, -0.2) is 55.5 Å². The van der Waals surface area contributed by atoms with Crippen molar-refractivity contribution in [1.82, 2.24) is 0 Å². The van der Waals surface area contributed by atoms with Crippen molar-refractivity contribution in [3.8, 4) is 0 Å². The first-order chi connectivity index (χ1) is 17.3. The van der Waals surface area contributed by atoms with Gasteiger partial charge in [0.15, 0.2) is 17.9 Å². The molecule has 0 aromatic heterocycles. The maximum Gasteiger partial charge on any atom is 0.190 e. The zero-order valence-electron chi connectivity index (χ0n) is 24.1. The van der Waals surface area contributed by atoms with Gasteiger partial charge in [0.05, 0.1) is 6.61 Å². The second-order valence-electron chi connectivity index (χ2n) is 12.1. The lowest BCUT2D eigenvalue weighted by Crippen LogP contribution is -2.56. The van der Waals surface area contributed by atoms with Crippen LogP contribution in [0.1, 0.15) is 137 Å². The largest absolute Gasteiger partial charge is 0.379 e. The van der Waals surface area contributed by atoms with Gasteiger partial charge in [-0.25, -0.2) is 0 Å².